The van der Waals surface area contributed by atoms with E-state index in [2.05, 4.69) is 32.2 Å². The van der Waals surface area contributed by atoms with Crippen LogP contribution >= 0.6 is 0 Å². The molecule has 3 heteroatoms. The lowest BCUT2D eigenvalue weighted by molar-refractivity contribution is 0.404. The zero-order chi connectivity index (χ0) is 21.7. The molecule has 0 aliphatic rings. The van der Waals surface area contributed by atoms with Crippen LogP contribution in [0.1, 0.15) is 109 Å². The maximum Gasteiger partial charge on any atom is 0.122 e. The first-order chi connectivity index (χ1) is 14.1. The molecule has 0 aliphatic carbocycles. The van der Waals surface area contributed by atoms with Gasteiger partial charge in [0.15, 0.2) is 0 Å². The van der Waals surface area contributed by atoms with Gasteiger partial charge in [0.05, 0.1) is 7.11 Å². The van der Waals surface area contributed by atoms with Crippen molar-refractivity contribution in [2.24, 2.45) is 0 Å². The van der Waals surface area contributed by atoms with Gasteiger partial charge in [-0.3, -0.25) is 0 Å². The number of rotatable bonds is 16. The van der Waals surface area contributed by atoms with Crippen molar-refractivity contribution < 1.29 is 9.84 Å². The van der Waals surface area contributed by atoms with Gasteiger partial charge >= 0.3 is 0 Å². The van der Waals surface area contributed by atoms with Crippen LogP contribution in [0.2, 0.25) is 0 Å². The Morgan fingerprint density at radius 1 is 0.724 bits per heavy atom. The predicted molar refractivity (Wildman–Crippen MR) is 128 cm³/mol. The van der Waals surface area contributed by atoms with Gasteiger partial charge in [-0.2, -0.15) is 0 Å². The summed E-state index contributed by atoms with van der Waals surface area (Å²) in [4.78, 5) is 0. The molecule has 1 aromatic rings. The molecular formula is C26H49NO2. The number of aromatic hydroxyl groups is 1. The highest BCUT2D eigenvalue weighted by molar-refractivity contribution is 5.46. The zero-order valence-electron chi connectivity index (χ0n) is 20.1. The van der Waals surface area contributed by atoms with Gasteiger partial charge < -0.3 is 15.2 Å². The van der Waals surface area contributed by atoms with Gasteiger partial charge in [-0.1, -0.05) is 78.6 Å². The molecule has 170 valence electrons. The number of hydrogen-bond acceptors (Lipinski definition) is 3. The summed E-state index contributed by atoms with van der Waals surface area (Å²) in [6.07, 6.45) is 17.1. The average molecular weight is 408 g/mol. The minimum absolute atomic E-state index is 0.449. The van der Waals surface area contributed by atoms with Gasteiger partial charge in [-0.05, 0) is 69.0 Å². The zero-order valence-corrected chi connectivity index (χ0v) is 20.1. The number of ether oxygens (including phenoxy) is 1. The molecule has 3 nitrogen and oxygen atoms in total. The largest absolute Gasteiger partial charge is 0.508 e. The maximum absolute atomic E-state index is 10.3. The lowest BCUT2D eigenvalue weighted by atomic mass is 9.99. The summed E-state index contributed by atoms with van der Waals surface area (Å²) in [5.41, 5.74) is 2.18. The Balaban J connectivity index is 0.00000113. The molecule has 0 bridgehead atoms. The lowest BCUT2D eigenvalue weighted by Crippen LogP contribution is -2.06. The molecular weight excluding hydrogens is 358 g/mol. The Kier molecular flexibility index (Phi) is 19.2. The number of benzene rings is 1. The third-order valence-electron chi connectivity index (χ3n) is 5.36. The topological polar surface area (TPSA) is 41.5 Å². The molecule has 0 aliphatic heterocycles. The van der Waals surface area contributed by atoms with Crippen LogP contribution in [0, 0.1) is 0 Å². The number of unbranched alkanes of at least 4 members (excludes halogenated alkanes) is 9. The van der Waals surface area contributed by atoms with E-state index in [0.717, 1.165) is 42.7 Å². The van der Waals surface area contributed by atoms with Crippen molar-refractivity contribution in [3.63, 3.8) is 0 Å². The standard InChI is InChI=1S/C21H36O2.C5H13N/c1-4-6-8-10-12-14-18-17-21(23-3)19(16-20(18)22)15-13-11-9-7-5-2;1-3-4-5-6-2/h16-17,22H,4-15H2,1-3H3;6H,3-5H2,1-2H3. The Morgan fingerprint density at radius 2 is 1.24 bits per heavy atom. The number of phenolic OH excluding ortho intramolecular Hbond substituents is 1. The van der Waals surface area contributed by atoms with Crippen LogP contribution in [0.5, 0.6) is 11.5 Å². The molecule has 2 N–H and O–H groups in total. The van der Waals surface area contributed by atoms with Gasteiger partial charge in [0.1, 0.15) is 11.5 Å². The van der Waals surface area contributed by atoms with E-state index in [1.807, 2.05) is 13.1 Å². The third kappa shape index (κ3) is 14.4. The van der Waals surface area contributed by atoms with Gasteiger partial charge in [-0.25, -0.2) is 0 Å². The summed E-state index contributed by atoms with van der Waals surface area (Å²) < 4.78 is 5.55. The van der Waals surface area contributed by atoms with Crippen LogP contribution in [0.3, 0.4) is 0 Å². The minimum Gasteiger partial charge on any atom is -0.508 e. The van der Waals surface area contributed by atoms with Crippen molar-refractivity contribution in [3.8, 4) is 11.5 Å². The highest BCUT2D eigenvalue weighted by atomic mass is 16.5. The first-order valence-electron chi connectivity index (χ1n) is 12.2. The van der Waals surface area contributed by atoms with E-state index < -0.39 is 0 Å². The summed E-state index contributed by atoms with van der Waals surface area (Å²) in [5.74, 6) is 1.40. The molecule has 0 radical (unpaired) electrons. The predicted octanol–water partition coefficient (Wildman–Crippen LogP) is 7.43. The number of methoxy groups -OCH3 is 1. The molecule has 1 aromatic carbocycles. The van der Waals surface area contributed by atoms with Gasteiger partial charge in [-0.15, -0.1) is 0 Å². The highest BCUT2D eigenvalue weighted by Gasteiger charge is 2.10. The summed E-state index contributed by atoms with van der Waals surface area (Å²) in [7, 11) is 3.72. The Hall–Kier alpha value is -1.22. The van der Waals surface area contributed by atoms with E-state index in [4.69, 9.17) is 4.74 Å². The first-order valence-corrected chi connectivity index (χ1v) is 12.2. The third-order valence-corrected chi connectivity index (χ3v) is 5.36. The highest BCUT2D eigenvalue weighted by Crippen LogP contribution is 2.30. The van der Waals surface area contributed by atoms with Crippen LogP contribution in [0.15, 0.2) is 12.1 Å². The van der Waals surface area contributed by atoms with Gasteiger partial charge in [0, 0.05) is 0 Å². The second kappa shape index (κ2) is 20.1. The minimum atomic E-state index is 0.449. The summed E-state index contributed by atoms with van der Waals surface area (Å²) in [5, 5.41) is 13.4. The van der Waals surface area contributed by atoms with Crippen LogP contribution in [0.25, 0.3) is 0 Å². The van der Waals surface area contributed by atoms with Crippen LogP contribution in [0.4, 0.5) is 0 Å². The van der Waals surface area contributed by atoms with Crippen molar-refractivity contribution >= 4 is 0 Å². The molecule has 0 unspecified atom stereocenters. The normalized spacial score (nSPS) is 10.5. The fourth-order valence-electron chi connectivity index (χ4n) is 3.43. The molecule has 1 rings (SSSR count). The van der Waals surface area contributed by atoms with Crippen LogP contribution in [-0.2, 0) is 12.8 Å². The first kappa shape index (κ1) is 27.8. The van der Waals surface area contributed by atoms with E-state index in [1.165, 1.54) is 70.6 Å². The van der Waals surface area contributed by atoms with Crippen molar-refractivity contribution in [2.45, 2.75) is 111 Å². The maximum atomic E-state index is 10.3. The lowest BCUT2D eigenvalue weighted by Gasteiger charge is -2.13. The van der Waals surface area contributed by atoms with E-state index in [9.17, 15) is 5.11 Å². The monoisotopic (exact) mass is 407 g/mol. The summed E-state index contributed by atoms with van der Waals surface area (Å²) in [6, 6.07) is 3.98. The molecule has 0 heterocycles. The Bertz CT molecular complexity index is 484. The van der Waals surface area contributed by atoms with E-state index in [1.54, 1.807) is 7.11 Å². The SMILES string of the molecule is CCCCCCCc1cc(OC)c(CCCCCCC)cc1O.CCCCNC. The molecule has 0 saturated heterocycles. The van der Waals surface area contributed by atoms with Crippen LogP contribution < -0.4 is 10.1 Å². The molecule has 0 fully saturated rings. The van der Waals surface area contributed by atoms with Gasteiger partial charge in [0.25, 0.3) is 0 Å². The number of hydrogen-bond donors (Lipinski definition) is 2. The summed E-state index contributed by atoms with van der Waals surface area (Å²) >= 11 is 0. The van der Waals surface area contributed by atoms with Crippen LogP contribution in [-0.4, -0.2) is 25.8 Å². The van der Waals surface area contributed by atoms with Crippen molar-refractivity contribution in [1.29, 1.82) is 0 Å². The van der Waals surface area contributed by atoms with E-state index >= 15 is 0 Å². The van der Waals surface area contributed by atoms with Crippen molar-refractivity contribution in [3.05, 3.63) is 23.3 Å². The Labute approximate surface area is 181 Å². The molecule has 29 heavy (non-hydrogen) atoms. The molecule has 0 spiro atoms. The smallest absolute Gasteiger partial charge is 0.122 e. The average Bonchev–Trinajstić information content (AvgIpc) is 2.73. The second-order valence-corrected chi connectivity index (χ2v) is 8.08. The van der Waals surface area contributed by atoms with Gasteiger partial charge in [0.2, 0.25) is 0 Å². The second-order valence-electron chi connectivity index (χ2n) is 8.08. The van der Waals surface area contributed by atoms with Crippen molar-refractivity contribution in [1.82, 2.24) is 5.32 Å². The number of phenols is 1. The van der Waals surface area contributed by atoms with E-state index in [0.29, 0.717) is 5.75 Å². The summed E-state index contributed by atoms with van der Waals surface area (Å²) in [6.45, 7) is 7.83. The number of aryl methyl sites for hydroxylation is 2. The molecule has 0 saturated carbocycles. The molecule has 0 atom stereocenters. The fourth-order valence-corrected chi connectivity index (χ4v) is 3.43. The Morgan fingerprint density at radius 3 is 1.69 bits per heavy atom. The fraction of sp³-hybridized carbons (Fsp3) is 0.769. The number of nitrogens with one attached hydrogen (secondary N) is 1. The molecule has 0 aromatic heterocycles. The van der Waals surface area contributed by atoms with E-state index in [-0.39, 0.29) is 0 Å². The van der Waals surface area contributed by atoms with Crippen molar-refractivity contribution in [2.75, 3.05) is 20.7 Å². The molecule has 0 amide bonds. The quantitative estimate of drug-likeness (QED) is 0.280.